The van der Waals surface area contributed by atoms with Crippen LogP contribution in [0.1, 0.15) is 12.8 Å². The van der Waals surface area contributed by atoms with Crippen LogP contribution in [0.15, 0.2) is 12.7 Å². The molecule has 0 bridgehead atoms. The molecule has 106 valence electrons. The van der Waals surface area contributed by atoms with E-state index in [1.165, 1.54) is 17.3 Å². The van der Waals surface area contributed by atoms with Gasteiger partial charge in [0.25, 0.3) is 5.95 Å². The zero-order valence-electron chi connectivity index (χ0n) is 11.1. The molecular formula is C11H16N8O. The Hall–Kier alpha value is -2.29. The summed E-state index contributed by atoms with van der Waals surface area (Å²) < 4.78 is 1.45. The maximum atomic E-state index is 9.85. The normalized spacial score (nSPS) is 15.9. The number of hydrogen-bond donors (Lipinski definition) is 3. The SMILES string of the molecule is CNc1nc(NCC(O)C2CC2)nc(-n2cncn2)n1. The minimum absolute atomic E-state index is 0.361. The average Bonchev–Trinajstić information content (AvgIpc) is 3.19. The Balaban J connectivity index is 1.77. The van der Waals surface area contributed by atoms with Gasteiger partial charge in [-0.3, -0.25) is 0 Å². The van der Waals surface area contributed by atoms with E-state index in [9.17, 15) is 5.11 Å². The van der Waals surface area contributed by atoms with Crippen molar-refractivity contribution in [1.29, 1.82) is 0 Å². The molecule has 1 aliphatic rings. The Labute approximate surface area is 115 Å². The summed E-state index contributed by atoms with van der Waals surface area (Å²) in [4.78, 5) is 16.5. The van der Waals surface area contributed by atoms with Gasteiger partial charge in [0.2, 0.25) is 11.9 Å². The fourth-order valence-corrected chi connectivity index (χ4v) is 1.81. The first-order chi connectivity index (χ1) is 9.76. The van der Waals surface area contributed by atoms with Crippen LogP contribution in [0.25, 0.3) is 5.95 Å². The van der Waals surface area contributed by atoms with Crippen LogP contribution in [-0.4, -0.2) is 54.5 Å². The van der Waals surface area contributed by atoms with Crippen molar-refractivity contribution in [2.24, 2.45) is 5.92 Å². The Morgan fingerprint density at radius 3 is 2.80 bits per heavy atom. The highest BCUT2D eigenvalue weighted by atomic mass is 16.3. The number of aliphatic hydroxyl groups is 1. The van der Waals surface area contributed by atoms with Gasteiger partial charge in [0.1, 0.15) is 12.7 Å². The quantitative estimate of drug-likeness (QED) is 0.657. The number of aliphatic hydroxyl groups excluding tert-OH is 1. The smallest absolute Gasteiger partial charge is 0.258 e. The summed E-state index contributed by atoms with van der Waals surface area (Å²) in [5, 5.41) is 19.7. The van der Waals surface area contributed by atoms with Crippen LogP contribution in [0, 0.1) is 5.92 Å². The topological polar surface area (TPSA) is 114 Å². The molecule has 3 rings (SSSR count). The molecule has 1 fully saturated rings. The van der Waals surface area contributed by atoms with Crippen molar-refractivity contribution >= 4 is 11.9 Å². The second-order valence-electron chi connectivity index (χ2n) is 4.66. The molecule has 0 aliphatic heterocycles. The van der Waals surface area contributed by atoms with Gasteiger partial charge in [-0.15, -0.1) is 0 Å². The summed E-state index contributed by atoms with van der Waals surface area (Å²) in [6.45, 7) is 0.425. The predicted molar refractivity (Wildman–Crippen MR) is 71.5 cm³/mol. The van der Waals surface area contributed by atoms with E-state index in [4.69, 9.17) is 0 Å². The summed E-state index contributed by atoms with van der Waals surface area (Å²) in [5.41, 5.74) is 0. The molecule has 1 atom stereocenters. The van der Waals surface area contributed by atoms with Crippen LogP contribution in [0.5, 0.6) is 0 Å². The first kappa shape index (κ1) is 12.7. The molecule has 1 unspecified atom stereocenters. The average molecular weight is 276 g/mol. The third-order valence-corrected chi connectivity index (χ3v) is 3.11. The van der Waals surface area contributed by atoms with Crippen LogP contribution >= 0.6 is 0 Å². The van der Waals surface area contributed by atoms with E-state index in [-0.39, 0.29) is 6.10 Å². The van der Waals surface area contributed by atoms with E-state index < -0.39 is 0 Å². The molecule has 0 spiro atoms. The molecule has 1 aliphatic carbocycles. The molecule has 20 heavy (non-hydrogen) atoms. The Morgan fingerprint density at radius 2 is 2.15 bits per heavy atom. The summed E-state index contributed by atoms with van der Waals surface area (Å²) in [7, 11) is 1.73. The van der Waals surface area contributed by atoms with E-state index in [1.807, 2.05) is 0 Å². The molecule has 2 heterocycles. The van der Waals surface area contributed by atoms with Crippen LogP contribution in [0.2, 0.25) is 0 Å². The van der Waals surface area contributed by atoms with E-state index in [1.54, 1.807) is 7.05 Å². The lowest BCUT2D eigenvalue weighted by Gasteiger charge is -2.11. The van der Waals surface area contributed by atoms with E-state index in [0.717, 1.165) is 12.8 Å². The van der Waals surface area contributed by atoms with Gasteiger partial charge in [0, 0.05) is 13.6 Å². The minimum atomic E-state index is -0.361. The largest absolute Gasteiger partial charge is 0.391 e. The molecule has 2 aromatic rings. The van der Waals surface area contributed by atoms with Crippen LogP contribution < -0.4 is 10.6 Å². The number of anilines is 2. The molecule has 0 aromatic carbocycles. The van der Waals surface area contributed by atoms with Gasteiger partial charge in [0.15, 0.2) is 0 Å². The highest BCUT2D eigenvalue weighted by Crippen LogP contribution is 2.32. The first-order valence-corrected chi connectivity index (χ1v) is 6.47. The predicted octanol–water partition coefficient (Wildman–Crippen LogP) is -0.323. The first-order valence-electron chi connectivity index (χ1n) is 6.47. The highest BCUT2D eigenvalue weighted by molar-refractivity contribution is 5.37. The maximum Gasteiger partial charge on any atom is 0.258 e. The number of hydrogen-bond acceptors (Lipinski definition) is 8. The lowest BCUT2D eigenvalue weighted by molar-refractivity contribution is 0.164. The fraction of sp³-hybridized carbons (Fsp3) is 0.545. The van der Waals surface area contributed by atoms with E-state index in [2.05, 4.69) is 35.7 Å². The van der Waals surface area contributed by atoms with Crippen molar-refractivity contribution in [2.75, 3.05) is 24.2 Å². The van der Waals surface area contributed by atoms with Gasteiger partial charge >= 0.3 is 0 Å². The van der Waals surface area contributed by atoms with Gasteiger partial charge in [-0.1, -0.05) is 0 Å². The second-order valence-corrected chi connectivity index (χ2v) is 4.66. The molecule has 2 aromatic heterocycles. The molecule has 3 N–H and O–H groups in total. The second kappa shape index (κ2) is 5.37. The lowest BCUT2D eigenvalue weighted by Crippen LogP contribution is -2.23. The number of nitrogens with zero attached hydrogens (tertiary/aromatic N) is 6. The van der Waals surface area contributed by atoms with Gasteiger partial charge in [-0.05, 0) is 18.8 Å². The van der Waals surface area contributed by atoms with Gasteiger partial charge in [0.05, 0.1) is 6.10 Å². The fourth-order valence-electron chi connectivity index (χ4n) is 1.81. The van der Waals surface area contributed by atoms with E-state index >= 15 is 0 Å². The standard InChI is InChI=1S/C11H16N8O/c1-12-9-16-10(14-4-8(20)7-2-3-7)18-11(17-9)19-6-13-5-15-19/h5-8,20H,2-4H2,1H3,(H2,12,14,16,17,18). The van der Waals surface area contributed by atoms with Crippen LogP contribution in [-0.2, 0) is 0 Å². The molecule has 0 radical (unpaired) electrons. The summed E-state index contributed by atoms with van der Waals surface area (Å²) in [6.07, 6.45) is 4.74. The van der Waals surface area contributed by atoms with Crippen molar-refractivity contribution in [3.63, 3.8) is 0 Å². The molecular weight excluding hydrogens is 260 g/mol. The van der Waals surface area contributed by atoms with Crippen LogP contribution in [0.3, 0.4) is 0 Å². The monoisotopic (exact) mass is 276 g/mol. The molecule has 0 amide bonds. The van der Waals surface area contributed by atoms with Crippen molar-refractivity contribution in [3.05, 3.63) is 12.7 Å². The van der Waals surface area contributed by atoms with E-state index in [0.29, 0.717) is 30.3 Å². The summed E-state index contributed by atoms with van der Waals surface area (Å²) in [5.74, 6) is 1.59. The summed E-state index contributed by atoms with van der Waals surface area (Å²) in [6, 6.07) is 0. The lowest BCUT2D eigenvalue weighted by atomic mass is 10.2. The minimum Gasteiger partial charge on any atom is -0.391 e. The number of rotatable bonds is 6. The van der Waals surface area contributed by atoms with Gasteiger partial charge in [-0.2, -0.15) is 24.7 Å². The van der Waals surface area contributed by atoms with Crippen molar-refractivity contribution in [3.8, 4) is 5.95 Å². The zero-order valence-corrected chi connectivity index (χ0v) is 11.1. The number of nitrogens with one attached hydrogen (secondary N) is 2. The number of aromatic nitrogens is 6. The molecule has 0 saturated heterocycles. The van der Waals surface area contributed by atoms with Gasteiger partial charge in [-0.25, -0.2) is 4.98 Å². The Bertz CT molecular complexity index is 568. The molecule has 1 saturated carbocycles. The zero-order chi connectivity index (χ0) is 13.9. The maximum absolute atomic E-state index is 9.85. The van der Waals surface area contributed by atoms with Crippen molar-refractivity contribution in [1.82, 2.24) is 29.7 Å². The summed E-state index contributed by atoms with van der Waals surface area (Å²) >= 11 is 0. The van der Waals surface area contributed by atoms with Crippen molar-refractivity contribution < 1.29 is 5.11 Å². The Morgan fingerprint density at radius 1 is 1.35 bits per heavy atom. The van der Waals surface area contributed by atoms with Crippen molar-refractivity contribution in [2.45, 2.75) is 18.9 Å². The molecule has 9 nitrogen and oxygen atoms in total. The third kappa shape index (κ3) is 2.82. The van der Waals surface area contributed by atoms with Gasteiger partial charge < -0.3 is 15.7 Å². The molecule has 9 heteroatoms. The Kier molecular flexibility index (Phi) is 3.42. The highest BCUT2D eigenvalue weighted by Gasteiger charge is 2.29. The van der Waals surface area contributed by atoms with Crippen LogP contribution in [0.4, 0.5) is 11.9 Å². The third-order valence-electron chi connectivity index (χ3n) is 3.11.